The molecule has 0 aromatic carbocycles. The number of imidazole rings is 1. The van der Waals surface area contributed by atoms with Gasteiger partial charge in [0.2, 0.25) is 0 Å². The summed E-state index contributed by atoms with van der Waals surface area (Å²) >= 11 is 0. The molecule has 0 atom stereocenters. The molecule has 1 aromatic rings. The Morgan fingerprint density at radius 2 is 2.19 bits per heavy atom. The molecule has 1 aliphatic carbocycles. The summed E-state index contributed by atoms with van der Waals surface area (Å²) in [5.74, 6) is -0.351. The zero-order valence-electron chi connectivity index (χ0n) is 12.1. The molecule has 9 heteroatoms. The van der Waals surface area contributed by atoms with Crippen molar-refractivity contribution in [1.82, 2.24) is 18.2 Å². The predicted molar refractivity (Wildman–Crippen MR) is 75.6 cm³/mol. The Morgan fingerprint density at radius 3 is 2.67 bits per heavy atom. The van der Waals surface area contributed by atoms with E-state index in [4.69, 9.17) is 5.11 Å². The van der Waals surface area contributed by atoms with Crippen LogP contribution in [0.15, 0.2) is 12.4 Å². The molecule has 0 amide bonds. The van der Waals surface area contributed by atoms with Gasteiger partial charge in [-0.25, -0.2) is 4.98 Å². The number of aliphatic carboxylic acids is 1. The summed E-state index contributed by atoms with van der Waals surface area (Å²) in [5.41, 5.74) is 0. The van der Waals surface area contributed by atoms with Crippen LogP contribution in [0.1, 0.15) is 25.1 Å². The van der Waals surface area contributed by atoms with Crippen LogP contribution < -0.4 is 0 Å². The summed E-state index contributed by atoms with van der Waals surface area (Å²) in [6.07, 6.45) is 4.84. The van der Waals surface area contributed by atoms with Crippen molar-refractivity contribution in [3.05, 3.63) is 18.2 Å². The number of carbonyl (C=O) groups is 1. The van der Waals surface area contributed by atoms with Crippen LogP contribution in [0.25, 0.3) is 0 Å². The SMILES string of the molecule is CN(CCC(=O)O)S(=O)(=O)N(Cc1nccn1C)C1CC1. The van der Waals surface area contributed by atoms with Gasteiger partial charge in [0, 0.05) is 39.1 Å². The average Bonchev–Trinajstić information content (AvgIpc) is 3.16. The van der Waals surface area contributed by atoms with Crippen LogP contribution in [-0.2, 0) is 28.6 Å². The van der Waals surface area contributed by atoms with Gasteiger partial charge in [0.25, 0.3) is 10.2 Å². The van der Waals surface area contributed by atoms with Crippen LogP contribution in [0.2, 0.25) is 0 Å². The number of nitrogens with zero attached hydrogens (tertiary/aromatic N) is 4. The molecule has 1 aliphatic rings. The first kappa shape index (κ1) is 15.9. The van der Waals surface area contributed by atoms with Crippen molar-refractivity contribution in [2.45, 2.75) is 31.8 Å². The molecular formula is C12H20N4O4S. The molecule has 8 nitrogen and oxygen atoms in total. The Balaban J connectivity index is 2.13. The second kappa shape index (κ2) is 6.12. The monoisotopic (exact) mass is 316 g/mol. The highest BCUT2D eigenvalue weighted by Crippen LogP contribution is 2.31. The maximum atomic E-state index is 12.6. The fraction of sp³-hybridized carbons (Fsp3) is 0.667. The van der Waals surface area contributed by atoms with Crippen LogP contribution in [0.3, 0.4) is 0 Å². The average molecular weight is 316 g/mol. The summed E-state index contributed by atoms with van der Waals surface area (Å²) in [4.78, 5) is 14.8. The van der Waals surface area contributed by atoms with Gasteiger partial charge in [0.05, 0.1) is 13.0 Å². The molecule has 2 rings (SSSR count). The van der Waals surface area contributed by atoms with E-state index in [1.54, 1.807) is 17.0 Å². The Bertz CT molecular complexity index is 609. The van der Waals surface area contributed by atoms with Crippen molar-refractivity contribution < 1.29 is 18.3 Å². The lowest BCUT2D eigenvalue weighted by atomic mass is 10.4. The van der Waals surface area contributed by atoms with Crippen molar-refractivity contribution in [1.29, 1.82) is 0 Å². The highest BCUT2D eigenvalue weighted by Gasteiger charge is 2.39. The number of aryl methyl sites for hydroxylation is 1. The molecule has 21 heavy (non-hydrogen) atoms. The van der Waals surface area contributed by atoms with Crippen LogP contribution in [0.5, 0.6) is 0 Å². The van der Waals surface area contributed by atoms with Gasteiger partial charge in [-0.1, -0.05) is 0 Å². The largest absolute Gasteiger partial charge is 0.481 e. The van der Waals surface area contributed by atoms with Gasteiger partial charge < -0.3 is 9.67 Å². The van der Waals surface area contributed by atoms with Crippen molar-refractivity contribution in [2.75, 3.05) is 13.6 Å². The van der Waals surface area contributed by atoms with Crippen molar-refractivity contribution in [3.8, 4) is 0 Å². The van der Waals surface area contributed by atoms with Crippen LogP contribution in [-0.4, -0.2) is 57.3 Å². The van der Waals surface area contributed by atoms with Gasteiger partial charge in [-0.15, -0.1) is 0 Å². The predicted octanol–water partition coefficient (Wildman–Crippen LogP) is 0.0358. The number of carboxylic acid groups (broad SMARTS) is 1. The van der Waals surface area contributed by atoms with Gasteiger partial charge in [0.15, 0.2) is 0 Å². The van der Waals surface area contributed by atoms with E-state index in [1.807, 2.05) is 7.05 Å². The van der Waals surface area contributed by atoms with E-state index in [2.05, 4.69) is 4.98 Å². The Hall–Kier alpha value is -1.45. The lowest BCUT2D eigenvalue weighted by molar-refractivity contribution is -0.137. The number of carboxylic acids is 1. The molecule has 0 radical (unpaired) electrons. The van der Waals surface area contributed by atoms with Gasteiger partial charge in [-0.05, 0) is 12.8 Å². The minimum atomic E-state index is -3.68. The molecule has 0 aliphatic heterocycles. The molecule has 1 saturated carbocycles. The minimum Gasteiger partial charge on any atom is -0.481 e. The fourth-order valence-corrected chi connectivity index (χ4v) is 3.54. The summed E-state index contributed by atoms with van der Waals surface area (Å²) < 4.78 is 29.5. The Kier molecular flexibility index (Phi) is 4.64. The van der Waals surface area contributed by atoms with E-state index in [1.165, 1.54) is 11.4 Å². The van der Waals surface area contributed by atoms with E-state index in [9.17, 15) is 13.2 Å². The summed E-state index contributed by atoms with van der Waals surface area (Å²) in [7, 11) is -0.454. The summed E-state index contributed by atoms with van der Waals surface area (Å²) in [6.45, 7) is 0.162. The van der Waals surface area contributed by atoms with Gasteiger partial charge >= 0.3 is 5.97 Å². The third-order valence-electron chi connectivity index (χ3n) is 3.50. The second-order valence-electron chi connectivity index (χ2n) is 5.20. The van der Waals surface area contributed by atoms with Crippen LogP contribution >= 0.6 is 0 Å². The Morgan fingerprint density at radius 1 is 1.52 bits per heavy atom. The molecule has 118 valence electrons. The van der Waals surface area contributed by atoms with Crippen LogP contribution in [0.4, 0.5) is 0 Å². The quantitative estimate of drug-likeness (QED) is 0.730. The first-order valence-corrected chi connectivity index (χ1v) is 8.13. The normalized spacial score (nSPS) is 15.8. The van der Waals surface area contributed by atoms with Crippen LogP contribution in [0, 0.1) is 0 Å². The summed E-state index contributed by atoms with van der Waals surface area (Å²) in [6, 6.07) is -0.0148. The third-order valence-corrected chi connectivity index (χ3v) is 5.49. The smallest absolute Gasteiger partial charge is 0.304 e. The highest BCUT2D eigenvalue weighted by atomic mass is 32.2. The van der Waals surface area contributed by atoms with Gasteiger partial charge in [0.1, 0.15) is 5.82 Å². The molecule has 1 N–H and O–H groups in total. The number of hydrogen-bond donors (Lipinski definition) is 1. The highest BCUT2D eigenvalue weighted by molar-refractivity contribution is 7.86. The second-order valence-corrected chi connectivity index (χ2v) is 7.19. The van der Waals surface area contributed by atoms with Crippen molar-refractivity contribution in [3.63, 3.8) is 0 Å². The Labute approximate surface area is 124 Å². The number of hydrogen-bond acceptors (Lipinski definition) is 4. The number of rotatable bonds is 8. The van der Waals surface area contributed by atoms with E-state index >= 15 is 0 Å². The molecule has 0 spiro atoms. The molecule has 1 aromatic heterocycles. The van der Waals surface area contributed by atoms with Gasteiger partial charge in [-0.2, -0.15) is 17.0 Å². The standard InChI is InChI=1S/C12H20N4O4S/c1-14-8-6-13-11(14)9-16(10-3-4-10)21(19,20)15(2)7-5-12(17)18/h6,8,10H,3-5,7,9H2,1-2H3,(H,17,18). The lowest BCUT2D eigenvalue weighted by Crippen LogP contribution is -2.43. The maximum Gasteiger partial charge on any atom is 0.304 e. The molecule has 0 unspecified atom stereocenters. The fourth-order valence-electron chi connectivity index (χ4n) is 2.00. The number of aromatic nitrogens is 2. The van der Waals surface area contributed by atoms with Gasteiger partial charge in [-0.3, -0.25) is 4.79 Å². The van der Waals surface area contributed by atoms with Crippen molar-refractivity contribution in [2.24, 2.45) is 7.05 Å². The minimum absolute atomic E-state index is 0.0148. The molecule has 1 fully saturated rings. The zero-order chi connectivity index (χ0) is 15.6. The first-order valence-electron chi connectivity index (χ1n) is 6.73. The topological polar surface area (TPSA) is 95.7 Å². The van der Waals surface area contributed by atoms with E-state index in [0.29, 0.717) is 5.82 Å². The van der Waals surface area contributed by atoms with E-state index < -0.39 is 16.2 Å². The molecule has 1 heterocycles. The summed E-state index contributed by atoms with van der Waals surface area (Å²) in [5, 5.41) is 8.68. The first-order chi connectivity index (χ1) is 9.82. The zero-order valence-corrected chi connectivity index (χ0v) is 13.0. The van der Waals surface area contributed by atoms with E-state index in [-0.39, 0.29) is 25.6 Å². The molecule has 0 bridgehead atoms. The lowest BCUT2D eigenvalue weighted by Gasteiger charge is -2.27. The molecule has 0 saturated heterocycles. The third kappa shape index (κ3) is 3.80. The van der Waals surface area contributed by atoms with Crippen molar-refractivity contribution >= 4 is 16.2 Å². The molecular weight excluding hydrogens is 296 g/mol. The maximum absolute atomic E-state index is 12.6. The van der Waals surface area contributed by atoms with E-state index in [0.717, 1.165) is 17.1 Å².